The zero-order valence-electron chi connectivity index (χ0n) is 16.9. The maximum atomic E-state index is 16.0. The minimum Gasteiger partial charge on any atom is -0.478 e. The molecule has 0 aliphatic carbocycles. The van der Waals surface area contributed by atoms with Gasteiger partial charge in [-0.1, -0.05) is 11.6 Å². The maximum Gasteiger partial charge on any atom is 0.338 e. The molecule has 0 amide bonds. The van der Waals surface area contributed by atoms with Gasteiger partial charge in [-0.3, -0.25) is 9.55 Å². The van der Waals surface area contributed by atoms with E-state index in [2.05, 4.69) is 9.97 Å². The number of rotatable bonds is 3. The number of carboxylic acids is 1. The number of carbonyl (C=O) groups is 1. The molecule has 1 N–H and O–H groups in total. The van der Waals surface area contributed by atoms with Crippen molar-refractivity contribution in [3.05, 3.63) is 58.5 Å². The molecule has 4 aromatic rings. The van der Waals surface area contributed by atoms with E-state index >= 15 is 4.39 Å². The number of morpholine rings is 1. The van der Waals surface area contributed by atoms with Gasteiger partial charge in [-0.2, -0.15) is 0 Å². The summed E-state index contributed by atoms with van der Waals surface area (Å²) in [5, 5.41) is 10.2. The van der Waals surface area contributed by atoms with Gasteiger partial charge < -0.3 is 14.7 Å². The largest absolute Gasteiger partial charge is 0.478 e. The fourth-order valence-corrected chi connectivity index (χ4v) is 4.37. The van der Waals surface area contributed by atoms with Crippen molar-refractivity contribution in [3.63, 3.8) is 0 Å². The van der Waals surface area contributed by atoms with E-state index in [4.69, 9.17) is 16.3 Å². The molecule has 7 nitrogen and oxygen atoms in total. The van der Waals surface area contributed by atoms with E-state index < -0.39 is 17.6 Å². The van der Waals surface area contributed by atoms with E-state index in [9.17, 15) is 14.3 Å². The zero-order chi connectivity index (χ0) is 22.6. The van der Waals surface area contributed by atoms with Crippen molar-refractivity contribution in [1.29, 1.82) is 0 Å². The molecular formula is C22H17ClF2N4O3. The number of pyridine rings is 1. The summed E-state index contributed by atoms with van der Waals surface area (Å²) in [6, 6.07) is 5.43. The van der Waals surface area contributed by atoms with Crippen LogP contribution in [0.2, 0.25) is 5.02 Å². The average molecular weight is 459 g/mol. The first-order valence-electron chi connectivity index (χ1n) is 9.89. The first-order valence-corrected chi connectivity index (χ1v) is 10.3. The number of aryl methyl sites for hydroxylation is 1. The van der Waals surface area contributed by atoms with Gasteiger partial charge in [-0.05, 0) is 31.2 Å². The molecule has 0 unspecified atom stereocenters. The summed E-state index contributed by atoms with van der Waals surface area (Å²) in [6.45, 7) is 3.23. The van der Waals surface area contributed by atoms with Gasteiger partial charge >= 0.3 is 5.97 Å². The van der Waals surface area contributed by atoms with Crippen molar-refractivity contribution in [2.75, 3.05) is 31.2 Å². The Morgan fingerprint density at radius 2 is 1.91 bits per heavy atom. The van der Waals surface area contributed by atoms with Crippen LogP contribution in [-0.2, 0) is 4.74 Å². The number of hydrogen-bond donors (Lipinski definition) is 1. The van der Waals surface area contributed by atoms with Crippen LogP contribution in [-0.4, -0.2) is 51.9 Å². The average Bonchev–Trinajstić information content (AvgIpc) is 3.13. The first kappa shape index (κ1) is 20.6. The van der Waals surface area contributed by atoms with Gasteiger partial charge in [0.1, 0.15) is 22.7 Å². The van der Waals surface area contributed by atoms with E-state index in [0.29, 0.717) is 32.1 Å². The van der Waals surface area contributed by atoms with Crippen LogP contribution in [0.4, 0.5) is 14.5 Å². The van der Waals surface area contributed by atoms with Crippen LogP contribution in [0.15, 0.2) is 30.5 Å². The zero-order valence-corrected chi connectivity index (χ0v) is 17.7. The number of benzene rings is 2. The number of halogens is 3. The predicted octanol–water partition coefficient (Wildman–Crippen LogP) is 4.35. The van der Waals surface area contributed by atoms with Gasteiger partial charge in [0.2, 0.25) is 0 Å². The van der Waals surface area contributed by atoms with Gasteiger partial charge in [0, 0.05) is 19.3 Å². The van der Waals surface area contributed by atoms with Gasteiger partial charge in [0.05, 0.1) is 46.1 Å². The van der Waals surface area contributed by atoms with Gasteiger partial charge in [-0.25, -0.2) is 18.6 Å². The topological polar surface area (TPSA) is 80.5 Å². The number of aromatic carboxylic acids is 1. The molecule has 2 aromatic carbocycles. The van der Waals surface area contributed by atoms with Crippen molar-refractivity contribution in [3.8, 4) is 5.69 Å². The molecule has 2 aromatic heterocycles. The van der Waals surface area contributed by atoms with Gasteiger partial charge in [0.15, 0.2) is 5.82 Å². The van der Waals surface area contributed by atoms with Crippen molar-refractivity contribution >= 4 is 45.2 Å². The molecule has 0 bridgehead atoms. The Labute approximate surface area is 185 Å². The van der Waals surface area contributed by atoms with Crippen LogP contribution in [0.3, 0.4) is 0 Å². The van der Waals surface area contributed by atoms with Crippen LogP contribution in [0, 0.1) is 18.6 Å². The first-order chi connectivity index (χ1) is 15.4. The lowest BCUT2D eigenvalue weighted by Gasteiger charge is -2.29. The Bertz CT molecular complexity index is 1400. The highest BCUT2D eigenvalue weighted by Gasteiger charge is 2.27. The molecule has 1 saturated heterocycles. The smallest absolute Gasteiger partial charge is 0.338 e. The molecule has 0 radical (unpaired) electrons. The maximum absolute atomic E-state index is 16.0. The number of anilines is 1. The summed E-state index contributed by atoms with van der Waals surface area (Å²) in [7, 11) is 0. The van der Waals surface area contributed by atoms with E-state index in [1.165, 1.54) is 35.0 Å². The fourth-order valence-electron chi connectivity index (χ4n) is 4.17. The number of carboxylic acid groups (broad SMARTS) is 1. The molecule has 0 saturated carbocycles. The number of aromatic nitrogens is 3. The molecule has 10 heteroatoms. The molecule has 0 spiro atoms. The van der Waals surface area contributed by atoms with Crippen molar-refractivity contribution in [2.24, 2.45) is 0 Å². The summed E-state index contributed by atoms with van der Waals surface area (Å²) in [5.74, 6) is -2.16. The van der Waals surface area contributed by atoms with Crippen LogP contribution >= 0.6 is 11.6 Å². The number of fused-ring (bicyclic) bond motifs is 2. The van der Waals surface area contributed by atoms with Gasteiger partial charge in [-0.15, -0.1) is 0 Å². The molecular weight excluding hydrogens is 442 g/mol. The molecule has 32 heavy (non-hydrogen) atoms. The van der Waals surface area contributed by atoms with Crippen molar-refractivity contribution < 1.29 is 23.4 Å². The third-order valence-electron chi connectivity index (χ3n) is 5.61. The summed E-state index contributed by atoms with van der Waals surface area (Å²) >= 11 is 6.22. The number of ether oxygens (including phenoxy) is 1. The highest BCUT2D eigenvalue weighted by Crippen LogP contribution is 2.36. The Morgan fingerprint density at radius 3 is 2.62 bits per heavy atom. The van der Waals surface area contributed by atoms with E-state index in [0.717, 1.165) is 0 Å². The minimum absolute atomic E-state index is 0.0168. The van der Waals surface area contributed by atoms with Crippen molar-refractivity contribution in [2.45, 2.75) is 6.92 Å². The lowest BCUT2D eigenvalue weighted by atomic mass is 10.1. The minimum atomic E-state index is -1.23. The fraction of sp³-hybridized carbons (Fsp3) is 0.227. The van der Waals surface area contributed by atoms with Crippen LogP contribution in [0.5, 0.6) is 0 Å². The standard InChI is InChI=1S/C22H17ClF2N4O3/c1-11-27-19-12(22(30)31)10-16(28-6-8-32-9-7-28)18(25)21(19)29(11)15-4-5-26-20-13(23)2-3-14(24)17(15)20/h2-5,10H,6-9H2,1H3,(H,30,31). The molecule has 1 fully saturated rings. The SMILES string of the molecule is Cc1nc2c(C(=O)O)cc(N3CCOCC3)c(F)c2n1-c1ccnc2c(Cl)ccc(F)c12. The van der Waals surface area contributed by atoms with Crippen LogP contribution < -0.4 is 4.90 Å². The van der Waals surface area contributed by atoms with Crippen LogP contribution in [0.1, 0.15) is 16.2 Å². The van der Waals surface area contributed by atoms with E-state index in [-0.39, 0.29) is 43.9 Å². The second kappa shape index (κ2) is 7.68. The Hall–Kier alpha value is -3.30. The number of hydrogen-bond acceptors (Lipinski definition) is 5. The summed E-state index contributed by atoms with van der Waals surface area (Å²) < 4.78 is 37.6. The monoisotopic (exact) mass is 458 g/mol. The quantitative estimate of drug-likeness (QED) is 0.491. The van der Waals surface area contributed by atoms with E-state index in [1.54, 1.807) is 11.8 Å². The summed E-state index contributed by atoms with van der Waals surface area (Å²) in [4.78, 5) is 22.3. The lowest BCUT2D eigenvalue weighted by Crippen LogP contribution is -2.37. The number of imidazole rings is 1. The van der Waals surface area contributed by atoms with Crippen molar-refractivity contribution in [1.82, 2.24) is 14.5 Å². The third kappa shape index (κ3) is 3.08. The molecule has 3 heterocycles. The third-order valence-corrected chi connectivity index (χ3v) is 5.91. The molecule has 1 aliphatic heterocycles. The van der Waals surface area contributed by atoms with Crippen LogP contribution in [0.25, 0.3) is 27.6 Å². The van der Waals surface area contributed by atoms with E-state index in [1.807, 2.05) is 0 Å². The highest BCUT2D eigenvalue weighted by molar-refractivity contribution is 6.35. The second-order valence-corrected chi connectivity index (χ2v) is 7.84. The Balaban J connectivity index is 1.89. The normalized spacial score (nSPS) is 14.4. The molecule has 1 aliphatic rings. The Kier molecular flexibility index (Phi) is 4.94. The summed E-state index contributed by atoms with van der Waals surface area (Å²) in [5.41, 5.74) is 0.420. The molecule has 0 atom stereocenters. The predicted molar refractivity (Wildman–Crippen MR) is 116 cm³/mol. The Morgan fingerprint density at radius 1 is 1.16 bits per heavy atom. The summed E-state index contributed by atoms with van der Waals surface area (Å²) in [6.07, 6.45) is 1.44. The second-order valence-electron chi connectivity index (χ2n) is 7.44. The van der Waals surface area contributed by atoms with Gasteiger partial charge in [0.25, 0.3) is 0 Å². The number of nitrogens with zero attached hydrogens (tertiary/aromatic N) is 4. The molecule has 5 rings (SSSR count). The highest BCUT2D eigenvalue weighted by atomic mass is 35.5. The molecule has 164 valence electrons. The lowest BCUT2D eigenvalue weighted by molar-refractivity contribution is 0.0699.